The van der Waals surface area contributed by atoms with Gasteiger partial charge in [-0.15, -0.1) is 35.3 Å². The first-order chi connectivity index (χ1) is 11.5. The molecule has 0 unspecified atom stereocenters. The van der Waals surface area contributed by atoms with Crippen molar-refractivity contribution in [3.63, 3.8) is 0 Å². The van der Waals surface area contributed by atoms with Crippen LogP contribution >= 0.6 is 35.3 Å². The van der Waals surface area contributed by atoms with Crippen molar-refractivity contribution >= 4 is 41.3 Å². The van der Waals surface area contributed by atoms with Crippen LogP contribution in [-0.4, -0.2) is 43.8 Å². The summed E-state index contributed by atoms with van der Waals surface area (Å²) < 4.78 is 5.34. The standard InChI is InChI=1S/C18H34N4OS.HI/c1-6-19-17(20-11-8-9-13-23-7-2)21-12-10-16-22-15(14-24-16)18(3,4)5;/h14H,6-13H2,1-5H3,(H2,19,20,21);1H. The van der Waals surface area contributed by atoms with E-state index >= 15 is 0 Å². The van der Waals surface area contributed by atoms with Crippen molar-refractivity contribution in [2.24, 2.45) is 4.99 Å². The molecule has 0 spiro atoms. The van der Waals surface area contributed by atoms with Crippen molar-refractivity contribution in [1.82, 2.24) is 15.6 Å². The Hall–Kier alpha value is -0.410. The van der Waals surface area contributed by atoms with E-state index in [4.69, 9.17) is 9.72 Å². The van der Waals surface area contributed by atoms with Crippen LogP contribution in [0.5, 0.6) is 0 Å². The Morgan fingerprint density at radius 1 is 1.24 bits per heavy atom. The Morgan fingerprint density at radius 3 is 2.60 bits per heavy atom. The minimum atomic E-state index is 0. The Labute approximate surface area is 174 Å². The third-order valence-electron chi connectivity index (χ3n) is 3.47. The van der Waals surface area contributed by atoms with Crippen molar-refractivity contribution in [2.75, 3.05) is 32.8 Å². The van der Waals surface area contributed by atoms with Gasteiger partial charge >= 0.3 is 0 Å². The predicted molar refractivity (Wildman–Crippen MR) is 120 cm³/mol. The summed E-state index contributed by atoms with van der Waals surface area (Å²) in [5.41, 5.74) is 1.30. The first-order valence-corrected chi connectivity index (χ1v) is 9.90. The first-order valence-electron chi connectivity index (χ1n) is 9.02. The van der Waals surface area contributed by atoms with Crippen LogP contribution < -0.4 is 10.6 Å². The number of nitrogens with zero attached hydrogens (tertiary/aromatic N) is 2. The van der Waals surface area contributed by atoms with Gasteiger partial charge in [-0.2, -0.15) is 0 Å². The van der Waals surface area contributed by atoms with Crippen LogP contribution in [0.1, 0.15) is 58.2 Å². The smallest absolute Gasteiger partial charge is 0.191 e. The lowest BCUT2D eigenvalue weighted by molar-refractivity contribution is 0.144. The SMILES string of the molecule is CCNC(=NCCCCOCC)NCCc1nc(C(C)(C)C)cs1.I. The Kier molecular flexibility index (Phi) is 13.5. The third kappa shape index (κ3) is 11.0. The summed E-state index contributed by atoms with van der Waals surface area (Å²) in [7, 11) is 0. The van der Waals surface area contributed by atoms with Crippen molar-refractivity contribution in [1.29, 1.82) is 0 Å². The maximum Gasteiger partial charge on any atom is 0.191 e. The van der Waals surface area contributed by atoms with E-state index in [1.807, 2.05) is 6.92 Å². The van der Waals surface area contributed by atoms with E-state index in [2.05, 4.69) is 48.7 Å². The quantitative estimate of drug-likeness (QED) is 0.229. The number of rotatable bonds is 10. The molecular weight excluding hydrogens is 447 g/mol. The molecule has 1 rings (SSSR count). The normalized spacial score (nSPS) is 12.0. The van der Waals surface area contributed by atoms with Gasteiger partial charge in [-0.05, 0) is 26.7 Å². The fraction of sp³-hybridized carbons (Fsp3) is 0.778. The van der Waals surface area contributed by atoms with Gasteiger partial charge in [0.05, 0.1) is 10.7 Å². The Morgan fingerprint density at radius 2 is 2.00 bits per heavy atom. The zero-order chi connectivity index (χ0) is 17.8. The summed E-state index contributed by atoms with van der Waals surface area (Å²) in [6, 6.07) is 0. The van der Waals surface area contributed by atoms with Gasteiger partial charge in [0.2, 0.25) is 0 Å². The molecule has 25 heavy (non-hydrogen) atoms. The molecule has 0 bridgehead atoms. The van der Waals surface area contributed by atoms with E-state index in [-0.39, 0.29) is 29.4 Å². The van der Waals surface area contributed by atoms with Crippen molar-refractivity contribution < 1.29 is 4.74 Å². The largest absolute Gasteiger partial charge is 0.382 e. The molecule has 0 saturated heterocycles. The van der Waals surface area contributed by atoms with E-state index in [1.165, 1.54) is 10.7 Å². The van der Waals surface area contributed by atoms with E-state index in [0.29, 0.717) is 0 Å². The highest BCUT2D eigenvalue weighted by Gasteiger charge is 2.17. The lowest BCUT2D eigenvalue weighted by Gasteiger charge is -2.14. The summed E-state index contributed by atoms with van der Waals surface area (Å²) in [6.45, 7) is 14.9. The van der Waals surface area contributed by atoms with Gasteiger partial charge in [-0.1, -0.05) is 20.8 Å². The monoisotopic (exact) mass is 482 g/mol. The average molecular weight is 482 g/mol. The molecule has 146 valence electrons. The summed E-state index contributed by atoms with van der Waals surface area (Å²) in [6.07, 6.45) is 3.04. The van der Waals surface area contributed by atoms with Crippen LogP contribution in [0.25, 0.3) is 0 Å². The molecule has 1 aromatic rings. The fourth-order valence-electron chi connectivity index (χ4n) is 2.05. The molecule has 0 aliphatic carbocycles. The lowest BCUT2D eigenvalue weighted by atomic mass is 9.93. The number of aromatic nitrogens is 1. The molecule has 1 heterocycles. The van der Waals surface area contributed by atoms with E-state index in [1.54, 1.807) is 11.3 Å². The van der Waals surface area contributed by atoms with E-state index in [9.17, 15) is 0 Å². The highest BCUT2D eigenvalue weighted by atomic mass is 127. The topological polar surface area (TPSA) is 58.5 Å². The van der Waals surface area contributed by atoms with Gasteiger partial charge < -0.3 is 15.4 Å². The van der Waals surface area contributed by atoms with Crippen molar-refractivity contribution in [2.45, 2.75) is 59.3 Å². The third-order valence-corrected chi connectivity index (χ3v) is 4.38. The number of ether oxygens (including phenoxy) is 1. The highest BCUT2D eigenvalue weighted by molar-refractivity contribution is 14.0. The summed E-state index contributed by atoms with van der Waals surface area (Å²) >= 11 is 1.75. The van der Waals surface area contributed by atoms with Crippen LogP contribution in [0.15, 0.2) is 10.4 Å². The molecule has 0 saturated carbocycles. The number of nitrogens with one attached hydrogen (secondary N) is 2. The molecule has 0 aliphatic heterocycles. The molecule has 5 nitrogen and oxygen atoms in total. The second kappa shape index (κ2) is 13.7. The van der Waals surface area contributed by atoms with Crippen LogP contribution in [-0.2, 0) is 16.6 Å². The number of hydrogen-bond donors (Lipinski definition) is 2. The van der Waals surface area contributed by atoms with Crippen LogP contribution in [0, 0.1) is 0 Å². The molecule has 0 aromatic carbocycles. The molecule has 0 fully saturated rings. The van der Waals surface area contributed by atoms with Gasteiger partial charge in [-0.3, -0.25) is 4.99 Å². The molecule has 0 amide bonds. The summed E-state index contributed by atoms with van der Waals surface area (Å²) in [4.78, 5) is 9.34. The number of hydrogen-bond acceptors (Lipinski definition) is 4. The summed E-state index contributed by atoms with van der Waals surface area (Å²) in [5.74, 6) is 0.890. The minimum absolute atomic E-state index is 0. The minimum Gasteiger partial charge on any atom is -0.382 e. The zero-order valence-electron chi connectivity index (χ0n) is 16.4. The number of guanidine groups is 1. The fourth-order valence-corrected chi connectivity index (χ4v) is 3.08. The molecular formula is C18H35IN4OS. The molecule has 2 N–H and O–H groups in total. The van der Waals surface area contributed by atoms with Crippen molar-refractivity contribution in [3.05, 3.63) is 16.1 Å². The second-order valence-corrected chi connectivity index (χ2v) is 7.66. The van der Waals surface area contributed by atoms with E-state index in [0.717, 1.165) is 58.1 Å². The lowest BCUT2D eigenvalue weighted by Crippen LogP contribution is -2.38. The Balaban J connectivity index is 0.00000576. The van der Waals surface area contributed by atoms with Crippen LogP contribution in [0.2, 0.25) is 0 Å². The number of halogens is 1. The first kappa shape index (κ1) is 24.6. The molecule has 7 heteroatoms. The van der Waals surface area contributed by atoms with Gasteiger partial charge in [0.1, 0.15) is 0 Å². The highest BCUT2D eigenvalue weighted by Crippen LogP contribution is 2.23. The van der Waals surface area contributed by atoms with Crippen LogP contribution in [0.3, 0.4) is 0 Å². The maximum atomic E-state index is 5.34. The summed E-state index contributed by atoms with van der Waals surface area (Å²) in [5, 5.41) is 10.0. The molecule has 0 atom stereocenters. The predicted octanol–water partition coefficient (Wildman–Crippen LogP) is 3.97. The second-order valence-electron chi connectivity index (χ2n) is 6.72. The molecule has 0 aliphatic rings. The van der Waals surface area contributed by atoms with Gasteiger partial charge in [0.15, 0.2) is 5.96 Å². The average Bonchev–Trinajstić information content (AvgIpc) is 3.00. The number of aliphatic imine (C=N–C) groups is 1. The molecule has 1 aromatic heterocycles. The number of unbranched alkanes of at least 4 members (excludes halogenated alkanes) is 1. The maximum absolute atomic E-state index is 5.34. The van der Waals surface area contributed by atoms with Crippen LogP contribution in [0.4, 0.5) is 0 Å². The van der Waals surface area contributed by atoms with Crippen molar-refractivity contribution in [3.8, 4) is 0 Å². The van der Waals surface area contributed by atoms with E-state index < -0.39 is 0 Å². The molecule has 0 radical (unpaired) electrons. The Bertz CT molecular complexity index is 486. The van der Waals surface area contributed by atoms with Gasteiger partial charge in [-0.25, -0.2) is 4.98 Å². The zero-order valence-corrected chi connectivity index (χ0v) is 19.5. The van der Waals surface area contributed by atoms with Gasteiger partial charge in [0, 0.05) is 50.1 Å². The van der Waals surface area contributed by atoms with Gasteiger partial charge in [0.25, 0.3) is 0 Å². The number of thiazole rings is 1.